The second-order valence-corrected chi connectivity index (χ2v) is 3.07. The molecular formula is C10H19NO3. The summed E-state index contributed by atoms with van der Waals surface area (Å²) in [5.41, 5.74) is 0. The van der Waals surface area contributed by atoms with Crippen LogP contribution in [0, 0.1) is 0 Å². The van der Waals surface area contributed by atoms with Gasteiger partial charge in [0.2, 0.25) is 5.91 Å². The van der Waals surface area contributed by atoms with Gasteiger partial charge in [-0.1, -0.05) is 13.8 Å². The summed E-state index contributed by atoms with van der Waals surface area (Å²) in [4.78, 5) is 22.0. The largest absolute Gasteiger partial charge is 0.466 e. The van der Waals surface area contributed by atoms with Crippen LogP contribution in [0.1, 0.15) is 39.5 Å². The molecule has 0 spiro atoms. The van der Waals surface area contributed by atoms with Crippen molar-refractivity contribution in [1.29, 1.82) is 0 Å². The molecule has 0 aromatic heterocycles. The number of rotatable bonds is 7. The number of hydrogen-bond donors (Lipinski definition) is 1. The molecular weight excluding hydrogens is 182 g/mol. The molecule has 0 aromatic rings. The molecule has 0 fully saturated rings. The number of nitrogens with one attached hydrogen (secondary N) is 1. The van der Waals surface area contributed by atoms with Crippen molar-refractivity contribution in [2.45, 2.75) is 39.5 Å². The quantitative estimate of drug-likeness (QED) is 0.631. The second kappa shape index (κ2) is 8.53. The van der Waals surface area contributed by atoms with Crippen molar-refractivity contribution in [3.05, 3.63) is 0 Å². The molecule has 0 aliphatic carbocycles. The summed E-state index contributed by atoms with van der Waals surface area (Å²) < 4.78 is 4.83. The molecule has 0 saturated carbocycles. The van der Waals surface area contributed by atoms with E-state index in [1.54, 1.807) is 0 Å². The van der Waals surface area contributed by atoms with E-state index >= 15 is 0 Å². The van der Waals surface area contributed by atoms with Crippen LogP contribution in [0.4, 0.5) is 0 Å². The van der Waals surface area contributed by atoms with Gasteiger partial charge in [0.1, 0.15) is 0 Å². The van der Waals surface area contributed by atoms with Crippen molar-refractivity contribution in [3.63, 3.8) is 0 Å². The van der Waals surface area contributed by atoms with Crippen molar-refractivity contribution in [2.75, 3.05) is 13.2 Å². The van der Waals surface area contributed by atoms with Crippen LogP contribution in [-0.2, 0) is 14.3 Å². The zero-order chi connectivity index (χ0) is 10.8. The molecule has 0 atom stereocenters. The van der Waals surface area contributed by atoms with E-state index in [1.807, 2.05) is 13.8 Å². The monoisotopic (exact) mass is 201 g/mol. The van der Waals surface area contributed by atoms with Crippen molar-refractivity contribution < 1.29 is 14.3 Å². The predicted octanol–water partition coefficient (Wildman–Crippen LogP) is 1.25. The third-order valence-electron chi connectivity index (χ3n) is 1.60. The van der Waals surface area contributed by atoms with Gasteiger partial charge in [-0.25, -0.2) is 0 Å². The smallest absolute Gasteiger partial charge is 0.306 e. The highest BCUT2D eigenvalue weighted by molar-refractivity contribution is 5.81. The Bertz CT molecular complexity index is 160. The lowest BCUT2D eigenvalue weighted by atomic mass is 10.3. The van der Waals surface area contributed by atoms with Crippen molar-refractivity contribution >= 4 is 11.9 Å². The highest BCUT2D eigenvalue weighted by Crippen LogP contribution is 1.94. The van der Waals surface area contributed by atoms with E-state index < -0.39 is 0 Å². The van der Waals surface area contributed by atoms with E-state index in [1.165, 1.54) is 0 Å². The van der Waals surface area contributed by atoms with Crippen LogP contribution in [0.15, 0.2) is 0 Å². The summed E-state index contributed by atoms with van der Waals surface area (Å²) in [7, 11) is 0. The van der Waals surface area contributed by atoms with Crippen LogP contribution in [0.2, 0.25) is 0 Å². The fraction of sp³-hybridized carbons (Fsp3) is 0.800. The van der Waals surface area contributed by atoms with Gasteiger partial charge in [-0.2, -0.15) is 0 Å². The van der Waals surface area contributed by atoms with Crippen LogP contribution >= 0.6 is 0 Å². The van der Waals surface area contributed by atoms with Gasteiger partial charge in [0.25, 0.3) is 0 Å². The first kappa shape index (κ1) is 12.9. The van der Waals surface area contributed by atoms with Crippen LogP contribution in [0.5, 0.6) is 0 Å². The number of esters is 1. The molecule has 4 nitrogen and oxygen atoms in total. The average molecular weight is 201 g/mol. The minimum absolute atomic E-state index is 0.0831. The molecule has 0 aliphatic heterocycles. The highest BCUT2D eigenvalue weighted by atomic mass is 16.5. The molecule has 82 valence electrons. The van der Waals surface area contributed by atoms with E-state index in [4.69, 9.17) is 4.74 Å². The SMILES string of the molecule is CCCNC(=O)CCC(=O)OCCC. The summed E-state index contributed by atoms with van der Waals surface area (Å²) in [6.45, 7) is 5.02. The number of carbonyl (C=O) groups is 2. The molecule has 1 N–H and O–H groups in total. The number of carbonyl (C=O) groups excluding carboxylic acids is 2. The second-order valence-electron chi connectivity index (χ2n) is 3.07. The van der Waals surface area contributed by atoms with E-state index in [-0.39, 0.29) is 24.7 Å². The lowest BCUT2D eigenvalue weighted by Crippen LogP contribution is -2.24. The first-order chi connectivity index (χ1) is 6.70. The maximum absolute atomic E-state index is 11.1. The minimum Gasteiger partial charge on any atom is -0.466 e. The van der Waals surface area contributed by atoms with Gasteiger partial charge in [-0.3, -0.25) is 9.59 Å². The van der Waals surface area contributed by atoms with Crippen LogP contribution in [0.25, 0.3) is 0 Å². The Hall–Kier alpha value is -1.06. The van der Waals surface area contributed by atoms with E-state index in [9.17, 15) is 9.59 Å². The van der Waals surface area contributed by atoms with Gasteiger partial charge in [0.05, 0.1) is 13.0 Å². The van der Waals surface area contributed by atoms with E-state index in [0.717, 1.165) is 12.8 Å². The Balaban J connectivity index is 3.41. The molecule has 0 bridgehead atoms. The number of hydrogen-bond acceptors (Lipinski definition) is 3. The number of ether oxygens (including phenoxy) is 1. The van der Waals surface area contributed by atoms with E-state index in [0.29, 0.717) is 13.2 Å². The molecule has 14 heavy (non-hydrogen) atoms. The molecule has 0 radical (unpaired) electrons. The molecule has 0 unspecified atom stereocenters. The Morgan fingerprint density at radius 2 is 1.86 bits per heavy atom. The van der Waals surface area contributed by atoms with Crippen molar-refractivity contribution in [1.82, 2.24) is 5.32 Å². The van der Waals surface area contributed by atoms with Gasteiger partial charge < -0.3 is 10.1 Å². The zero-order valence-corrected chi connectivity index (χ0v) is 8.97. The summed E-state index contributed by atoms with van der Waals surface area (Å²) in [5, 5.41) is 2.70. The van der Waals surface area contributed by atoms with Gasteiger partial charge in [-0.15, -0.1) is 0 Å². The topological polar surface area (TPSA) is 55.4 Å². The fourth-order valence-corrected chi connectivity index (χ4v) is 0.856. The third kappa shape index (κ3) is 7.58. The highest BCUT2D eigenvalue weighted by Gasteiger charge is 2.06. The van der Waals surface area contributed by atoms with Gasteiger partial charge >= 0.3 is 5.97 Å². The number of amides is 1. The molecule has 0 heterocycles. The van der Waals surface area contributed by atoms with Crippen molar-refractivity contribution in [3.8, 4) is 0 Å². The van der Waals surface area contributed by atoms with E-state index in [2.05, 4.69) is 5.32 Å². The molecule has 4 heteroatoms. The first-order valence-electron chi connectivity index (χ1n) is 5.13. The lowest BCUT2D eigenvalue weighted by molar-refractivity contribution is -0.145. The van der Waals surface area contributed by atoms with Crippen LogP contribution < -0.4 is 5.32 Å². The summed E-state index contributed by atoms with van der Waals surface area (Å²) in [6.07, 6.45) is 2.12. The van der Waals surface area contributed by atoms with Gasteiger partial charge in [-0.05, 0) is 12.8 Å². The summed E-state index contributed by atoms with van der Waals surface area (Å²) >= 11 is 0. The normalized spacial score (nSPS) is 9.57. The molecule has 0 aliphatic rings. The third-order valence-corrected chi connectivity index (χ3v) is 1.60. The van der Waals surface area contributed by atoms with Crippen molar-refractivity contribution in [2.24, 2.45) is 0 Å². The van der Waals surface area contributed by atoms with Gasteiger partial charge in [0.15, 0.2) is 0 Å². The maximum Gasteiger partial charge on any atom is 0.306 e. The molecule has 0 saturated heterocycles. The predicted molar refractivity (Wildman–Crippen MR) is 53.8 cm³/mol. The molecule has 0 aromatic carbocycles. The zero-order valence-electron chi connectivity index (χ0n) is 8.97. The molecule has 0 rings (SSSR count). The Kier molecular flexibility index (Phi) is 7.89. The standard InChI is InChI=1S/C10H19NO3/c1-3-7-11-9(12)5-6-10(13)14-8-4-2/h3-8H2,1-2H3,(H,11,12). The molecule has 1 amide bonds. The van der Waals surface area contributed by atoms with Crippen LogP contribution in [0.3, 0.4) is 0 Å². The lowest BCUT2D eigenvalue weighted by Gasteiger charge is -2.03. The average Bonchev–Trinajstić information content (AvgIpc) is 2.20. The Morgan fingerprint density at radius 3 is 2.43 bits per heavy atom. The Labute approximate surface area is 85.0 Å². The van der Waals surface area contributed by atoms with Gasteiger partial charge in [0, 0.05) is 13.0 Å². The Morgan fingerprint density at radius 1 is 1.14 bits per heavy atom. The first-order valence-corrected chi connectivity index (χ1v) is 5.13. The maximum atomic E-state index is 11.1. The fourth-order valence-electron chi connectivity index (χ4n) is 0.856. The summed E-state index contributed by atoms with van der Waals surface area (Å²) in [5.74, 6) is -0.376. The minimum atomic E-state index is -0.293. The van der Waals surface area contributed by atoms with Crippen LogP contribution in [-0.4, -0.2) is 25.0 Å². The summed E-state index contributed by atoms with van der Waals surface area (Å²) in [6, 6.07) is 0.